The number of carboxylic acid groups (broad SMARTS) is 1. The van der Waals surface area contributed by atoms with Crippen LogP contribution in [0, 0.1) is 11.8 Å². The monoisotopic (exact) mass is 489 g/mol. The average Bonchev–Trinajstić information content (AvgIpc) is 3.32. The number of anilines is 1. The number of carbonyl (C=O) groups is 2. The van der Waals surface area contributed by atoms with Gasteiger partial charge in [-0.05, 0) is 12.8 Å². The van der Waals surface area contributed by atoms with E-state index in [1.165, 1.54) is 0 Å². The van der Waals surface area contributed by atoms with Crippen LogP contribution in [0.4, 0.5) is 36.4 Å². The number of amides is 1. The van der Waals surface area contributed by atoms with Gasteiger partial charge in [0.15, 0.2) is 13.2 Å². The van der Waals surface area contributed by atoms with Gasteiger partial charge in [0, 0.05) is 23.9 Å². The van der Waals surface area contributed by atoms with E-state index in [9.17, 15) is 45.4 Å². The fourth-order valence-electron chi connectivity index (χ4n) is 3.77. The Hall–Kier alpha value is -2.77. The van der Waals surface area contributed by atoms with Crippen molar-refractivity contribution in [3.63, 3.8) is 0 Å². The first kappa shape index (κ1) is 24.9. The average molecular weight is 489 g/mol. The number of nitrogens with one attached hydrogen (secondary N) is 1. The molecule has 0 aliphatic carbocycles. The highest BCUT2D eigenvalue weighted by Gasteiger charge is 2.55. The molecule has 0 spiro atoms. The van der Waals surface area contributed by atoms with E-state index in [2.05, 4.69) is 14.8 Å². The molecule has 0 radical (unpaired) electrons. The Bertz CT molecular complexity index is 894. The van der Waals surface area contributed by atoms with E-state index in [-0.39, 0.29) is 5.69 Å². The molecule has 2 aliphatic heterocycles. The lowest BCUT2D eigenvalue weighted by Crippen LogP contribution is -2.40. The quantitative estimate of drug-likeness (QED) is 0.514. The molecule has 1 amide bonds. The van der Waals surface area contributed by atoms with Crippen LogP contribution in [-0.2, 0) is 14.3 Å². The molecule has 2 bridgehead atoms. The van der Waals surface area contributed by atoms with E-state index in [1.54, 1.807) is 0 Å². The molecule has 184 valence electrons. The number of hydrogen-bond acceptors (Lipinski definition) is 5. The zero-order valence-electron chi connectivity index (χ0n) is 16.6. The van der Waals surface area contributed by atoms with Crippen molar-refractivity contribution in [3.05, 3.63) is 18.2 Å². The van der Waals surface area contributed by atoms with Gasteiger partial charge < -0.3 is 24.6 Å². The molecule has 0 saturated carbocycles. The number of alkyl halides is 7. The highest BCUT2D eigenvalue weighted by atomic mass is 19.4. The first-order valence-electron chi connectivity index (χ1n) is 9.59. The smallest absolute Gasteiger partial charge is 0.422 e. The van der Waals surface area contributed by atoms with Gasteiger partial charge in [0.25, 0.3) is 0 Å². The number of hydrogen-bond donors (Lipinski definition) is 2. The third-order valence-electron chi connectivity index (χ3n) is 5.16. The summed E-state index contributed by atoms with van der Waals surface area (Å²) in [5, 5.41) is 11.7. The predicted octanol–water partition coefficient (Wildman–Crippen LogP) is 3.72. The number of carboxylic acids is 1. The molecule has 2 aliphatic rings. The molecule has 1 aromatic carbocycles. The van der Waals surface area contributed by atoms with Crippen molar-refractivity contribution in [1.29, 1.82) is 0 Å². The van der Waals surface area contributed by atoms with Gasteiger partial charge in [0.1, 0.15) is 11.5 Å². The van der Waals surface area contributed by atoms with Crippen LogP contribution in [0.2, 0.25) is 0 Å². The summed E-state index contributed by atoms with van der Waals surface area (Å²) in [5.41, 5.74) is -0.276. The molecular weight excluding hydrogens is 471 g/mol. The third kappa shape index (κ3) is 5.97. The van der Waals surface area contributed by atoms with Crippen molar-refractivity contribution in [2.75, 3.05) is 18.5 Å². The second-order valence-electron chi connectivity index (χ2n) is 7.62. The van der Waals surface area contributed by atoms with Gasteiger partial charge in [-0.25, -0.2) is 8.78 Å². The van der Waals surface area contributed by atoms with Gasteiger partial charge in [-0.2, -0.15) is 22.0 Å². The van der Waals surface area contributed by atoms with E-state index >= 15 is 0 Å². The van der Waals surface area contributed by atoms with Crippen LogP contribution >= 0.6 is 0 Å². The molecule has 0 unspecified atom stereocenters. The Morgan fingerprint density at radius 1 is 1.00 bits per heavy atom. The zero-order chi connectivity index (χ0) is 24.6. The van der Waals surface area contributed by atoms with Crippen LogP contribution in [0.5, 0.6) is 11.5 Å². The Kier molecular flexibility index (Phi) is 6.96. The number of ether oxygens (including phenoxy) is 3. The summed E-state index contributed by atoms with van der Waals surface area (Å²) in [7, 11) is 0. The Labute approximate surface area is 181 Å². The highest BCUT2D eigenvalue weighted by Crippen LogP contribution is 2.44. The minimum absolute atomic E-state index is 0.276. The first-order chi connectivity index (χ1) is 15.3. The summed E-state index contributed by atoms with van der Waals surface area (Å²) in [6, 6.07) is 2.58. The summed E-state index contributed by atoms with van der Waals surface area (Å²) in [6.07, 6.45) is -9.27. The van der Waals surface area contributed by atoms with E-state index in [0.717, 1.165) is 18.2 Å². The topological polar surface area (TPSA) is 94.1 Å². The number of fused-ring (bicyclic) bond motifs is 2. The van der Waals surface area contributed by atoms with Crippen molar-refractivity contribution in [2.24, 2.45) is 11.8 Å². The van der Waals surface area contributed by atoms with Crippen LogP contribution in [0.3, 0.4) is 0 Å². The largest absolute Gasteiger partial charge is 0.487 e. The van der Waals surface area contributed by atoms with Gasteiger partial charge in [0.2, 0.25) is 5.91 Å². The molecule has 14 heteroatoms. The lowest BCUT2D eigenvalue weighted by Gasteiger charge is -2.24. The fraction of sp³-hybridized carbons (Fsp3) is 0.579. The molecule has 2 saturated heterocycles. The fourth-order valence-corrected chi connectivity index (χ4v) is 3.77. The number of aliphatic carboxylic acids is 1. The lowest BCUT2D eigenvalue weighted by molar-refractivity contribution is -0.153. The summed E-state index contributed by atoms with van der Waals surface area (Å²) in [4.78, 5) is 24.3. The van der Waals surface area contributed by atoms with Gasteiger partial charge in [-0.3, -0.25) is 9.59 Å². The standard InChI is InChI=1S/C19H18F7NO6/c20-17(21)18(22,23)6-31-9-3-8(4-10(5-9)32-7-19(24,25)26)27-15(28)13-11-1-2-12(33-11)14(13)16(29)30/h3-5,11-14,17H,1-2,6-7H2,(H,27,28)(H,29,30)/t11-,12-,13+,14-/m0/s1. The molecular formula is C19H18F7NO6. The summed E-state index contributed by atoms with van der Waals surface area (Å²) >= 11 is 0. The Morgan fingerprint density at radius 3 is 2.06 bits per heavy atom. The van der Waals surface area contributed by atoms with Gasteiger partial charge in [-0.1, -0.05) is 0 Å². The van der Waals surface area contributed by atoms with Gasteiger partial charge >= 0.3 is 24.5 Å². The van der Waals surface area contributed by atoms with E-state index in [1.807, 2.05) is 0 Å². The van der Waals surface area contributed by atoms with Crippen molar-refractivity contribution >= 4 is 17.6 Å². The normalized spacial score (nSPS) is 24.7. The second-order valence-corrected chi connectivity index (χ2v) is 7.62. The van der Waals surface area contributed by atoms with Crippen molar-refractivity contribution < 1.29 is 59.6 Å². The van der Waals surface area contributed by atoms with Crippen molar-refractivity contribution in [1.82, 2.24) is 0 Å². The number of rotatable bonds is 9. The van der Waals surface area contributed by atoms with Crippen LogP contribution in [0.25, 0.3) is 0 Å². The molecule has 3 rings (SSSR count). The van der Waals surface area contributed by atoms with Crippen LogP contribution in [-0.4, -0.2) is 60.9 Å². The maximum atomic E-state index is 13.2. The maximum absolute atomic E-state index is 13.2. The predicted molar refractivity (Wildman–Crippen MR) is 95.6 cm³/mol. The number of benzene rings is 1. The molecule has 0 aromatic heterocycles. The van der Waals surface area contributed by atoms with Crippen LogP contribution < -0.4 is 14.8 Å². The summed E-state index contributed by atoms with van der Waals surface area (Å²) in [6.45, 7) is -3.56. The first-order valence-corrected chi connectivity index (χ1v) is 9.59. The SMILES string of the molecule is O=C(O)[C@@H]1[C@H](C(=O)Nc2cc(OCC(F)(F)F)cc(OCC(F)(F)C(F)F)c2)[C@@H]2CC[C@@H]1O2. The summed E-state index contributed by atoms with van der Waals surface area (Å²) < 4.78 is 103. The molecule has 1 aromatic rings. The summed E-state index contributed by atoms with van der Waals surface area (Å²) in [5.74, 6) is -10.0. The molecule has 2 fully saturated rings. The van der Waals surface area contributed by atoms with Crippen LogP contribution in [0.15, 0.2) is 18.2 Å². The lowest BCUT2D eigenvalue weighted by atomic mass is 9.78. The molecule has 7 nitrogen and oxygen atoms in total. The maximum Gasteiger partial charge on any atom is 0.422 e. The van der Waals surface area contributed by atoms with Crippen molar-refractivity contribution in [3.8, 4) is 11.5 Å². The van der Waals surface area contributed by atoms with Gasteiger partial charge in [0.05, 0.1) is 24.0 Å². The Balaban J connectivity index is 1.80. The molecule has 2 heterocycles. The van der Waals surface area contributed by atoms with Crippen LogP contribution in [0.1, 0.15) is 12.8 Å². The molecule has 33 heavy (non-hydrogen) atoms. The van der Waals surface area contributed by atoms with E-state index in [0.29, 0.717) is 12.8 Å². The van der Waals surface area contributed by atoms with E-state index < -0.39 is 79.2 Å². The molecule has 2 N–H and O–H groups in total. The van der Waals surface area contributed by atoms with Crippen molar-refractivity contribution in [2.45, 2.75) is 43.6 Å². The highest BCUT2D eigenvalue weighted by molar-refractivity contribution is 5.96. The molecule has 4 atom stereocenters. The minimum Gasteiger partial charge on any atom is -0.487 e. The van der Waals surface area contributed by atoms with E-state index in [4.69, 9.17) is 4.74 Å². The third-order valence-corrected chi connectivity index (χ3v) is 5.16. The Morgan fingerprint density at radius 2 is 1.55 bits per heavy atom. The number of halogens is 7. The minimum atomic E-state index is -4.75. The zero-order valence-corrected chi connectivity index (χ0v) is 16.6. The van der Waals surface area contributed by atoms with Gasteiger partial charge in [-0.15, -0.1) is 0 Å². The number of carbonyl (C=O) groups excluding carboxylic acids is 1. The second kappa shape index (κ2) is 9.23.